The Balaban J connectivity index is 4.30. The van der Waals surface area contributed by atoms with Gasteiger partial charge in [0.15, 0.2) is 0 Å². The second kappa shape index (κ2) is 7.87. The van der Waals surface area contributed by atoms with Gasteiger partial charge in [0.25, 0.3) is 0 Å². The van der Waals surface area contributed by atoms with E-state index >= 15 is 0 Å². The molecule has 1 atom stereocenters. The first-order chi connectivity index (χ1) is 9.09. The normalized spacial score (nSPS) is 12.5. The van der Waals surface area contributed by atoms with Gasteiger partial charge in [-0.2, -0.15) is 0 Å². The molecule has 0 fully saturated rings. The molecule has 0 spiro atoms. The molecule has 20 heavy (non-hydrogen) atoms. The van der Waals surface area contributed by atoms with E-state index in [-0.39, 0.29) is 30.7 Å². The van der Waals surface area contributed by atoms with Crippen LogP contribution in [0.15, 0.2) is 0 Å². The average Bonchev–Trinajstić information content (AvgIpc) is 2.34. The molecule has 116 valence electrons. The van der Waals surface area contributed by atoms with E-state index in [2.05, 4.69) is 5.32 Å². The molecule has 0 saturated heterocycles. The van der Waals surface area contributed by atoms with Crippen LogP contribution in [0.5, 0.6) is 0 Å². The summed E-state index contributed by atoms with van der Waals surface area (Å²) in [6.07, 6.45) is 0.149. The zero-order chi connectivity index (χ0) is 15.9. The van der Waals surface area contributed by atoms with Crippen LogP contribution in [0.1, 0.15) is 41.0 Å². The van der Waals surface area contributed by atoms with Crippen molar-refractivity contribution < 1.29 is 19.1 Å². The highest BCUT2D eigenvalue weighted by Crippen LogP contribution is 2.13. The smallest absolute Gasteiger partial charge is 0.307 e. The minimum Gasteiger partial charge on any atom is -0.466 e. The standard InChI is InChI=1S/C14H26N2O4/c1-7-20-11(17)8-9-16(6)12(18)10(2)15-13(19)14(3,4)5/h10H,7-9H2,1-6H3,(H,15,19). The summed E-state index contributed by atoms with van der Waals surface area (Å²) in [5, 5.41) is 2.67. The quantitative estimate of drug-likeness (QED) is 0.738. The van der Waals surface area contributed by atoms with Crippen LogP contribution in [0.25, 0.3) is 0 Å². The van der Waals surface area contributed by atoms with E-state index in [9.17, 15) is 14.4 Å². The number of esters is 1. The zero-order valence-corrected chi connectivity index (χ0v) is 13.3. The van der Waals surface area contributed by atoms with Crippen molar-refractivity contribution in [2.24, 2.45) is 5.41 Å². The van der Waals surface area contributed by atoms with Crippen molar-refractivity contribution in [1.29, 1.82) is 0 Å². The maximum Gasteiger partial charge on any atom is 0.307 e. The van der Waals surface area contributed by atoms with Crippen LogP contribution in [-0.4, -0.2) is 48.9 Å². The molecule has 0 aliphatic rings. The number of rotatable bonds is 6. The molecule has 0 aliphatic carbocycles. The van der Waals surface area contributed by atoms with Gasteiger partial charge in [-0.05, 0) is 13.8 Å². The van der Waals surface area contributed by atoms with Crippen molar-refractivity contribution >= 4 is 17.8 Å². The Bertz CT molecular complexity index is 361. The third-order valence-corrected chi connectivity index (χ3v) is 2.73. The highest BCUT2D eigenvalue weighted by Gasteiger charge is 2.26. The van der Waals surface area contributed by atoms with E-state index in [0.29, 0.717) is 6.61 Å². The number of nitrogens with one attached hydrogen (secondary N) is 1. The molecule has 0 saturated carbocycles. The summed E-state index contributed by atoms with van der Waals surface area (Å²) in [4.78, 5) is 36.5. The van der Waals surface area contributed by atoms with E-state index in [4.69, 9.17) is 4.74 Å². The van der Waals surface area contributed by atoms with Gasteiger partial charge in [0.05, 0.1) is 13.0 Å². The van der Waals surface area contributed by atoms with Gasteiger partial charge in [0.2, 0.25) is 11.8 Å². The molecule has 6 nitrogen and oxygen atoms in total. The van der Waals surface area contributed by atoms with Crippen LogP contribution in [-0.2, 0) is 19.1 Å². The fourth-order valence-corrected chi connectivity index (χ4v) is 1.41. The summed E-state index contributed by atoms with van der Waals surface area (Å²) in [6.45, 7) is 9.31. The molecule has 0 heterocycles. The lowest BCUT2D eigenvalue weighted by Gasteiger charge is -2.25. The van der Waals surface area contributed by atoms with E-state index in [1.807, 2.05) is 0 Å². The Morgan fingerprint density at radius 3 is 2.25 bits per heavy atom. The lowest BCUT2D eigenvalue weighted by molar-refractivity contribution is -0.144. The fourth-order valence-electron chi connectivity index (χ4n) is 1.41. The first kappa shape index (κ1) is 18.4. The molecule has 0 aromatic heterocycles. The molecule has 0 rings (SSSR count). The molecule has 1 unspecified atom stereocenters. The van der Waals surface area contributed by atoms with Crippen molar-refractivity contribution in [3.63, 3.8) is 0 Å². The molecule has 6 heteroatoms. The Labute approximate surface area is 120 Å². The summed E-state index contributed by atoms with van der Waals surface area (Å²) < 4.78 is 4.80. The first-order valence-corrected chi connectivity index (χ1v) is 6.81. The average molecular weight is 286 g/mol. The maximum atomic E-state index is 12.0. The van der Waals surface area contributed by atoms with Gasteiger partial charge in [-0.15, -0.1) is 0 Å². The number of hydrogen-bond acceptors (Lipinski definition) is 4. The van der Waals surface area contributed by atoms with E-state index < -0.39 is 11.5 Å². The Morgan fingerprint density at radius 1 is 1.25 bits per heavy atom. The lowest BCUT2D eigenvalue weighted by Crippen LogP contribution is -2.49. The SMILES string of the molecule is CCOC(=O)CCN(C)C(=O)C(C)NC(=O)C(C)(C)C. The van der Waals surface area contributed by atoms with Crippen molar-refractivity contribution in [2.75, 3.05) is 20.2 Å². The monoisotopic (exact) mass is 286 g/mol. The number of amides is 2. The van der Waals surface area contributed by atoms with Crippen molar-refractivity contribution in [3.8, 4) is 0 Å². The highest BCUT2D eigenvalue weighted by atomic mass is 16.5. The van der Waals surface area contributed by atoms with Gasteiger partial charge in [-0.1, -0.05) is 20.8 Å². The summed E-state index contributed by atoms with van der Waals surface area (Å²) >= 11 is 0. The van der Waals surface area contributed by atoms with Crippen LogP contribution >= 0.6 is 0 Å². The molecular weight excluding hydrogens is 260 g/mol. The number of ether oxygens (including phenoxy) is 1. The van der Waals surface area contributed by atoms with Crippen molar-refractivity contribution in [3.05, 3.63) is 0 Å². The number of likely N-dealkylation sites (N-methyl/N-ethyl adjacent to an activating group) is 1. The van der Waals surface area contributed by atoms with Gasteiger partial charge < -0.3 is 15.0 Å². The topological polar surface area (TPSA) is 75.7 Å². The molecule has 0 bridgehead atoms. The number of carbonyl (C=O) groups is 3. The third-order valence-electron chi connectivity index (χ3n) is 2.73. The Morgan fingerprint density at radius 2 is 1.80 bits per heavy atom. The van der Waals surface area contributed by atoms with Gasteiger partial charge >= 0.3 is 5.97 Å². The van der Waals surface area contributed by atoms with Crippen LogP contribution in [0.2, 0.25) is 0 Å². The van der Waals surface area contributed by atoms with Gasteiger partial charge in [0.1, 0.15) is 6.04 Å². The van der Waals surface area contributed by atoms with Gasteiger partial charge in [-0.25, -0.2) is 0 Å². The number of nitrogens with zero attached hydrogens (tertiary/aromatic N) is 1. The molecular formula is C14H26N2O4. The summed E-state index contributed by atoms with van der Waals surface area (Å²) in [6, 6.07) is -0.617. The molecule has 0 radical (unpaired) electrons. The summed E-state index contributed by atoms with van der Waals surface area (Å²) in [5.74, 6) is -0.748. The van der Waals surface area contributed by atoms with E-state index in [1.165, 1.54) is 4.90 Å². The van der Waals surface area contributed by atoms with Crippen LogP contribution in [0, 0.1) is 5.41 Å². The van der Waals surface area contributed by atoms with Gasteiger partial charge in [0, 0.05) is 19.0 Å². The predicted molar refractivity (Wildman–Crippen MR) is 75.9 cm³/mol. The second-order valence-corrected chi connectivity index (χ2v) is 5.76. The lowest BCUT2D eigenvalue weighted by atomic mass is 9.95. The number of hydrogen-bond donors (Lipinski definition) is 1. The summed E-state index contributed by atoms with van der Waals surface area (Å²) in [7, 11) is 1.60. The second-order valence-electron chi connectivity index (χ2n) is 5.76. The predicted octanol–water partition coefficient (Wildman–Crippen LogP) is 0.949. The first-order valence-electron chi connectivity index (χ1n) is 6.81. The molecule has 0 aromatic carbocycles. The van der Waals surface area contributed by atoms with Gasteiger partial charge in [-0.3, -0.25) is 14.4 Å². The Hall–Kier alpha value is -1.59. The van der Waals surface area contributed by atoms with E-state index in [0.717, 1.165) is 0 Å². The highest BCUT2D eigenvalue weighted by molar-refractivity contribution is 5.89. The van der Waals surface area contributed by atoms with Crippen LogP contribution in [0.4, 0.5) is 0 Å². The fraction of sp³-hybridized carbons (Fsp3) is 0.786. The Kier molecular flexibility index (Phi) is 7.24. The summed E-state index contributed by atoms with van der Waals surface area (Å²) in [5.41, 5.74) is -0.544. The van der Waals surface area contributed by atoms with Crippen LogP contribution in [0.3, 0.4) is 0 Å². The minimum atomic E-state index is -0.617. The van der Waals surface area contributed by atoms with E-state index in [1.54, 1.807) is 41.7 Å². The van der Waals surface area contributed by atoms with Crippen molar-refractivity contribution in [1.82, 2.24) is 10.2 Å². The largest absolute Gasteiger partial charge is 0.466 e. The molecule has 2 amide bonds. The van der Waals surface area contributed by atoms with Crippen molar-refractivity contribution in [2.45, 2.75) is 47.1 Å². The zero-order valence-electron chi connectivity index (χ0n) is 13.3. The molecule has 0 aliphatic heterocycles. The number of carbonyl (C=O) groups excluding carboxylic acids is 3. The minimum absolute atomic E-state index is 0.149. The maximum absolute atomic E-state index is 12.0. The molecule has 0 aromatic rings. The third kappa shape index (κ3) is 6.54. The van der Waals surface area contributed by atoms with Crippen LogP contribution < -0.4 is 5.32 Å². The molecule has 1 N–H and O–H groups in total.